The van der Waals surface area contributed by atoms with Crippen LogP contribution in [0.2, 0.25) is 0 Å². The first-order valence-electron chi connectivity index (χ1n) is 14.1. The molecule has 11 atom stereocenters. The van der Waals surface area contributed by atoms with E-state index in [1.807, 2.05) is 0 Å². The smallest absolute Gasteiger partial charge is 0.108 e. The first kappa shape index (κ1) is 27.6. The van der Waals surface area contributed by atoms with Crippen LogP contribution >= 0.6 is 0 Å². The van der Waals surface area contributed by atoms with Gasteiger partial charge in [-0.05, 0) is 98.7 Å². The Hall–Kier alpha value is -0.460. The molecule has 0 radical (unpaired) electrons. The van der Waals surface area contributed by atoms with Crippen molar-refractivity contribution in [3.05, 3.63) is 11.6 Å². The minimum atomic E-state index is -1.34. The Morgan fingerprint density at radius 3 is 2.20 bits per heavy atom. The molecule has 5 nitrogen and oxygen atoms in total. The molecule has 11 unspecified atom stereocenters. The molecule has 4 rings (SSSR count). The molecule has 5 N–H and O–H groups in total. The third-order valence-corrected chi connectivity index (χ3v) is 12.1. The van der Waals surface area contributed by atoms with Crippen LogP contribution in [0.15, 0.2) is 11.6 Å². The summed E-state index contributed by atoms with van der Waals surface area (Å²) in [6.07, 6.45) is 5.60. The van der Waals surface area contributed by atoms with Crippen molar-refractivity contribution in [1.82, 2.24) is 0 Å². The molecule has 0 bridgehead atoms. The van der Waals surface area contributed by atoms with Gasteiger partial charge in [0.05, 0.1) is 23.9 Å². The average molecular weight is 493 g/mol. The van der Waals surface area contributed by atoms with Crippen LogP contribution in [0, 0.1) is 45.3 Å². The fraction of sp³-hybridized carbons (Fsp3) is 0.933. The third kappa shape index (κ3) is 3.90. The Morgan fingerprint density at radius 1 is 0.971 bits per heavy atom. The number of hydrogen-bond donors (Lipinski definition) is 5. The molecule has 0 amide bonds. The lowest BCUT2D eigenvalue weighted by Gasteiger charge is -2.68. The van der Waals surface area contributed by atoms with Crippen molar-refractivity contribution >= 4 is 0 Å². The van der Waals surface area contributed by atoms with Crippen LogP contribution in [0.1, 0.15) is 100 Å². The summed E-state index contributed by atoms with van der Waals surface area (Å²) < 4.78 is 0. The maximum atomic E-state index is 11.8. The van der Waals surface area contributed by atoms with Gasteiger partial charge in [-0.3, -0.25) is 0 Å². The van der Waals surface area contributed by atoms with Gasteiger partial charge in [0.1, 0.15) is 6.10 Å². The molecule has 0 aliphatic heterocycles. The van der Waals surface area contributed by atoms with Gasteiger partial charge in [-0.1, -0.05) is 53.2 Å². The standard InChI is InChI=1S/C30H52O5/c1-17(15-19(31)25(34)27(4,5)35)18-9-10-20-28(18,6)13-11-21-29(7)14-12-23(32)26(2,3)22(29)16-24(33)30(20,21)8/h10,17-19,21-25,31-35H,9,11-16H2,1-8H3. The molecule has 5 heteroatoms. The third-order valence-electron chi connectivity index (χ3n) is 12.1. The van der Waals surface area contributed by atoms with Gasteiger partial charge in [-0.2, -0.15) is 0 Å². The van der Waals surface area contributed by atoms with Crippen molar-refractivity contribution in [3.8, 4) is 0 Å². The molecule has 0 aromatic heterocycles. The van der Waals surface area contributed by atoms with E-state index in [0.717, 1.165) is 38.5 Å². The largest absolute Gasteiger partial charge is 0.393 e. The molecule has 4 aliphatic rings. The van der Waals surface area contributed by atoms with E-state index in [-0.39, 0.29) is 33.7 Å². The van der Waals surface area contributed by atoms with Gasteiger partial charge in [-0.25, -0.2) is 0 Å². The van der Waals surface area contributed by atoms with Gasteiger partial charge in [-0.15, -0.1) is 0 Å². The molecule has 0 spiro atoms. The van der Waals surface area contributed by atoms with Gasteiger partial charge in [0.2, 0.25) is 0 Å². The lowest BCUT2D eigenvalue weighted by molar-refractivity contribution is -0.212. The summed E-state index contributed by atoms with van der Waals surface area (Å²) in [7, 11) is 0. The zero-order chi connectivity index (χ0) is 26.4. The second-order valence-electron chi connectivity index (χ2n) is 14.8. The van der Waals surface area contributed by atoms with E-state index >= 15 is 0 Å². The molecule has 0 saturated heterocycles. The lowest BCUT2D eigenvalue weighted by Crippen LogP contribution is -2.65. The van der Waals surface area contributed by atoms with E-state index in [4.69, 9.17) is 0 Å². The highest BCUT2D eigenvalue weighted by molar-refractivity contribution is 5.36. The summed E-state index contributed by atoms with van der Waals surface area (Å²) in [5.74, 6) is 1.19. The van der Waals surface area contributed by atoms with E-state index in [9.17, 15) is 25.5 Å². The Labute approximate surface area is 213 Å². The van der Waals surface area contributed by atoms with E-state index in [2.05, 4.69) is 47.6 Å². The van der Waals surface area contributed by atoms with Gasteiger partial charge in [0.15, 0.2) is 0 Å². The topological polar surface area (TPSA) is 101 Å². The first-order valence-corrected chi connectivity index (χ1v) is 14.1. The van der Waals surface area contributed by atoms with Crippen molar-refractivity contribution in [2.75, 3.05) is 0 Å². The second kappa shape index (κ2) is 8.53. The summed E-state index contributed by atoms with van der Waals surface area (Å²) in [5.41, 5.74) is -0.363. The predicted molar refractivity (Wildman–Crippen MR) is 138 cm³/mol. The van der Waals surface area contributed by atoms with Gasteiger partial charge in [0, 0.05) is 5.41 Å². The highest BCUT2D eigenvalue weighted by Crippen LogP contribution is 2.73. The monoisotopic (exact) mass is 492 g/mol. The van der Waals surface area contributed by atoms with Crippen LogP contribution < -0.4 is 0 Å². The summed E-state index contributed by atoms with van der Waals surface area (Å²) in [4.78, 5) is 0. The lowest BCUT2D eigenvalue weighted by atomic mass is 9.37. The molecule has 3 fully saturated rings. The zero-order valence-corrected chi connectivity index (χ0v) is 23.4. The van der Waals surface area contributed by atoms with Gasteiger partial charge >= 0.3 is 0 Å². The molecule has 35 heavy (non-hydrogen) atoms. The van der Waals surface area contributed by atoms with Crippen LogP contribution in [0.25, 0.3) is 0 Å². The quantitative estimate of drug-likeness (QED) is 0.365. The SMILES string of the molecule is CC(CC(O)C(O)C(C)(C)O)C1CC=C2C1(C)CCC1C3(C)CCC(O)C(C)(C)C3CC(O)C21C. The summed E-state index contributed by atoms with van der Waals surface area (Å²) in [6.45, 7) is 16.7. The van der Waals surface area contributed by atoms with Gasteiger partial charge in [0.25, 0.3) is 0 Å². The Bertz CT molecular complexity index is 844. The van der Waals surface area contributed by atoms with E-state index in [0.29, 0.717) is 24.2 Å². The van der Waals surface area contributed by atoms with E-state index in [1.54, 1.807) is 0 Å². The summed E-state index contributed by atoms with van der Waals surface area (Å²) in [6, 6.07) is 0. The Balaban J connectivity index is 1.61. The molecule has 0 aromatic rings. The van der Waals surface area contributed by atoms with Crippen LogP contribution in [-0.2, 0) is 0 Å². The summed E-state index contributed by atoms with van der Waals surface area (Å²) >= 11 is 0. The average Bonchev–Trinajstić information content (AvgIpc) is 3.10. The van der Waals surface area contributed by atoms with Gasteiger partial charge < -0.3 is 25.5 Å². The summed E-state index contributed by atoms with van der Waals surface area (Å²) in [5, 5.41) is 53.9. The fourth-order valence-corrected chi connectivity index (χ4v) is 9.99. The minimum absolute atomic E-state index is 0.0437. The number of rotatable bonds is 5. The number of allylic oxidation sites excluding steroid dienone is 1. The first-order chi connectivity index (χ1) is 15.9. The van der Waals surface area contributed by atoms with Crippen molar-refractivity contribution in [1.29, 1.82) is 0 Å². The zero-order valence-electron chi connectivity index (χ0n) is 23.4. The fourth-order valence-electron chi connectivity index (χ4n) is 9.99. The number of fused-ring (bicyclic) bond motifs is 5. The maximum absolute atomic E-state index is 11.8. The highest BCUT2D eigenvalue weighted by atomic mass is 16.4. The van der Waals surface area contributed by atoms with E-state index in [1.165, 1.54) is 19.4 Å². The van der Waals surface area contributed by atoms with Crippen molar-refractivity contribution in [2.24, 2.45) is 45.3 Å². The van der Waals surface area contributed by atoms with Crippen LogP contribution in [0.4, 0.5) is 0 Å². The van der Waals surface area contributed by atoms with Crippen LogP contribution in [0.5, 0.6) is 0 Å². The van der Waals surface area contributed by atoms with Crippen molar-refractivity contribution in [3.63, 3.8) is 0 Å². The minimum Gasteiger partial charge on any atom is -0.393 e. The molecular formula is C30H52O5. The second-order valence-corrected chi connectivity index (χ2v) is 14.8. The van der Waals surface area contributed by atoms with Crippen LogP contribution in [0.3, 0.4) is 0 Å². The molecule has 0 heterocycles. The van der Waals surface area contributed by atoms with Crippen LogP contribution in [-0.4, -0.2) is 55.5 Å². The molecule has 0 aromatic carbocycles. The number of hydrogen-bond acceptors (Lipinski definition) is 5. The van der Waals surface area contributed by atoms with E-state index < -0.39 is 23.9 Å². The van der Waals surface area contributed by atoms with Crippen molar-refractivity contribution in [2.45, 2.75) is 130 Å². The Kier molecular flexibility index (Phi) is 6.72. The van der Waals surface area contributed by atoms with Crippen molar-refractivity contribution < 1.29 is 25.5 Å². The normalized spacial score (nSPS) is 47.7. The molecule has 202 valence electrons. The molecular weight excluding hydrogens is 440 g/mol. The maximum Gasteiger partial charge on any atom is 0.108 e. The number of aliphatic hydroxyl groups is 5. The highest BCUT2D eigenvalue weighted by Gasteiger charge is 2.68. The molecule has 3 saturated carbocycles. The number of aliphatic hydroxyl groups excluding tert-OH is 4. The Morgan fingerprint density at radius 2 is 1.60 bits per heavy atom. The predicted octanol–water partition coefficient (Wildman–Crippen LogP) is 4.44. The molecule has 4 aliphatic carbocycles.